The van der Waals surface area contributed by atoms with Crippen molar-refractivity contribution in [1.82, 2.24) is 15.0 Å². The number of nitrogens with zero attached hydrogens (tertiary/aromatic N) is 3. The second-order valence-corrected chi connectivity index (χ2v) is 4.40. The molecule has 0 bridgehead atoms. The van der Waals surface area contributed by atoms with Crippen molar-refractivity contribution in [3.05, 3.63) is 35.0 Å². The largest absolute Gasteiger partial charge is 0.476 e. The van der Waals surface area contributed by atoms with Crippen molar-refractivity contribution in [3.8, 4) is 11.3 Å². The van der Waals surface area contributed by atoms with Gasteiger partial charge in [0, 0.05) is 17.1 Å². The first-order chi connectivity index (χ1) is 9.13. The first-order valence-corrected chi connectivity index (χ1v) is 6.14. The van der Waals surface area contributed by atoms with Gasteiger partial charge in [-0.3, -0.25) is 0 Å². The van der Waals surface area contributed by atoms with E-state index in [1.807, 2.05) is 0 Å². The Balaban J connectivity index is 2.47. The standard InChI is InChI=1S/C12H13ClN4O2/c13-9-4-2-8(3-5-9)11-10(12(18)19)15-16-17(11)7-1-6-14/h2-5H,1,6-7,14H2,(H,18,19). The summed E-state index contributed by atoms with van der Waals surface area (Å²) in [7, 11) is 0. The number of rotatable bonds is 5. The molecular formula is C12H13ClN4O2. The van der Waals surface area contributed by atoms with E-state index >= 15 is 0 Å². The summed E-state index contributed by atoms with van der Waals surface area (Å²) in [6.45, 7) is 1.02. The van der Waals surface area contributed by atoms with Crippen LogP contribution in [0.5, 0.6) is 0 Å². The molecule has 2 rings (SSSR count). The predicted octanol–water partition coefficient (Wildman–Crippen LogP) is 1.65. The van der Waals surface area contributed by atoms with E-state index in [0.29, 0.717) is 35.8 Å². The highest BCUT2D eigenvalue weighted by Gasteiger charge is 2.20. The van der Waals surface area contributed by atoms with Crippen molar-refractivity contribution in [2.24, 2.45) is 5.73 Å². The van der Waals surface area contributed by atoms with Crippen LogP contribution in [0.15, 0.2) is 24.3 Å². The lowest BCUT2D eigenvalue weighted by atomic mass is 10.1. The minimum atomic E-state index is -1.11. The average Bonchev–Trinajstić information content (AvgIpc) is 2.81. The van der Waals surface area contributed by atoms with E-state index in [9.17, 15) is 4.79 Å². The van der Waals surface area contributed by atoms with Crippen molar-refractivity contribution >= 4 is 17.6 Å². The number of carboxylic acids is 1. The molecule has 0 amide bonds. The summed E-state index contributed by atoms with van der Waals surface area (Å²) in [5, 5.41) is 17.3. The quantitative estimate of drug-likeness (QED) is 0.868. The van der Waals surface area contributed by atoms with E-state index < -0.39 is 5.97 Å². The smallest absolute Gasteiger partial charge is 0.358 e. The van der Waals surface area contributed by atoms with Gasteiger partial charge in [-0.15, -0.1) is 5.10 Å². The van der Waals surface area contributed by atoms with Gasteiger partial charge in [0.05, 0.1) is 0 Å². The molecule has 19 heavy (non-hydrogen) atoms. The maximum atomic E-state index is 11.2. The summed E-state index contributed by atoms with van der Waals surface area (Å²) in [4.78, 5) is 11.2. The Hall–Kier alpha value is -1.92. The minimum absolute atomic E-state index is 0.0701. The Labute approximate surface area is 114 Å². The highest BCUT2D eigenvalue weighted by Crippen LogP contribution is 2.24. The summed E-state index contributed by atoms with van der Waals surface area (Å²) in [5.74, 6) is -1.11. The zero-order valence-electron chi connectivity index (χ0n) is 10.1. The number of aryl methyl sites for hydroxylation is 1. The van der Waals surface area contributed by atoms with Crippen molar-refractivity contribution in [2.45, 2.75) is 13.0 Å². The Morgan fingerprint density at radius 1 is 1.37 bits per heavy atom. The van der Waals surface area contributed by atoms with Crippen molar-refractivity contribution < 1.29 is 9.90 Å². The molecule has 0 aliphatic carbocycles. The zero-order chi connectivity index (χ0) is 13.8. The Kier molecular flexibility index (Phi) is 4.13. The first kappa shape index (κ1) is 13.5. The maximum Gasteiger partial charge on any atom is 0.358 e. The van der Waals surface area contributed by atoms with Crippen LogP contribution < -0.4 is 5.73 Å². The molecular weight excluding hydrogens is 268 g/mol. The third-order valence-electron chi connectivity index (χ3n) is 2.63. The zero-order valence-corrected chi connectivity index (χ0v) is 10.8. The second kappa shape index (κ2) is 5.81. The van der Waals surface area contributed by atoms with Gasteiger partial charge in [0.15, 0.2) is 5.69 Å². The number of hydrogen-bond donors (Lipinski definition) is 2. The molecule has 0 radical (unpaired) electrons. The summed E-state index contributed by atoms with van der Waals surface area (Å²) in [6.07, 6.45) is 0.697. The number of carbonyl (C=O) groups is 1. The van der Waals surface area contributed by atoms with Crippen LogP contribution >= 0.6 is 11.6 Å². The van der Waals surface area contributed by atoms with Crippen LogP contribution in [0, 0.1) is 0 Å². The molecule has 1 aromatic carbocycles. The lowest BCUT2D eigenvalue weighted by Crippen LogP contribution is -2.09. The molecule has 0 aliphatic heterocycles. The topological polar surface area (TPSA) is 94.0 Å². The van der Waals surface area contributed by atoms with Crippen molar-refractivity contribution in [3.63, 3.8) is 0 Å². The Morgan fingerprint density at radius 3 is 2.63 bits per heavy atom. The van der Waals surface area contributed by atoms with Gasteiger partial charge in [0.25, 0.3) is 0 Å². The molecule has 1 aromatic heterocycles. The number of aromatic carboxylic acids is 1. The first-order valence-electron chi connectivity index (χ1n) is 5.76. The maximum absolute atomic E-state index is 11.2. The van der Waals surface area contributed by atoms with Gasteiger partial charge in [-0.25, -0.2) is 9.48 Å². The van der Waals surface area contributed by atoms with E-state index in [1.165, 1.54) is 0 Å². The molecule has 0 atom stereocenters. The molecule has 0 spiro atoms. The molecule has 1 heterocycles. The average molecular weight is 281 g/mol. The van der Waals surface area contributed by atoms with Gasteiger partial charge in [-0.2, -0.15) is 0 Å². The summed E-state index contributed by atoms with van der Waals surface area (Å²) in [5.41, 5.74) is 6.57. The molecule has 2 aromatic rings. The number of hydrogen-bond acceptors (Lipinski definition) is 4. The van der Waals surface area contributed by atoms with Gasteiger partial charge >= 0.3 is 5.97 Å². The Bertz CT molecular complexity index is 580. The van der Waals surface area contributed by atoms with Crippen LogP contribution in [0.3, 0.4) is 0 Å². The van der Waals surface area contributed by atoms with Crippen LogP contribution in [0.1, 0.15) is 16.9 Å². The third-order valence-corrected chi connectivity index (χ3v) is 2.88. The Morgan fingerprint density at radius 2 is 2.05 bits per heavy atom. The van der Waals surface area contributed by atoms with Gasteiger partial charge < -0.3 is 10.8 Å². The predicted molar refractivity (Wildman–Crippen MR) is 71.1 cm³/mol. The molecule has 3 N–H and O–H groups in total. The SMILES string of the molecule is NCCCn1nnc(C(=O)O)c1-c1ccc(Cl)cc1. The van der Waals surface area contributed by atoms with Gasteiger partial charge in [-0.05, 0) is 25.1 Å². The fraction of sp³-hybridized carbons (Fsp3) is 0.250. The van der Waals surface area contributed by atoms with Crippen LogP contribution in [0.2, 0.25) is 5.02 Å². The molecule has 7 heteroatoms. The molecule has 6 nitrogen and oxygen atoms in total. The molecule has 100 valence electrons. The lowest BCUT2D eigenvalue weighted by molar-refractivity contribution is 0.0691. The third kappa shape index (κ3) is 2.91. The van der Waals surface area contributed by atoms with Crippen molar-refractivity contribution in [2.75, 3.05) is 6.54 Å². The van der Waals surface area contributed by atoms with Crippen LogP contribution in [0.4, 0.5) is 0 Å². The fourth-order valence-corrected chi connectivity index (χ4v) is 1.87. The van der Waals surface area contributed by atoms with Gasteiger partial charge in [-0.1, -0.05) is 28.9 Å². The number of aromatic nitrogens is 3. The lowest BCUT2D eigenvalue weighted by Gasteiger charge is -2.06. The van der Waals surface area contributed by atoms with Crippen LogP contribution in [-0.4, -0.2) is 32.6 Å². The minimum Gasteiger partial charge on any atom is -0.476 e. The normalized spacial score (nSPS) is 10.6. The monoisotopic (exact) mass is 280 g/mol. The van der Waals surface area contributed by atoms with Gasteiger partial charge in [0.1, 0.15) is 5.69 Å². The second-order valence-electron chi connectivity index (χ2n) is 3.96. The highest BCUT2D eigenvalue weighted by molar-refractivity contribution is 6.30. The van der Waals surface area contributed by atoms with E-state index in [1.54, 1.807) is 28.9 Å². The summed E-state index contributed by atoms with van der Waals surface area (Å²) < 4.78 is 1.56. The van der Waals surface area contributed by atoms with E-state index in [2.05, 4.69) is 10.3 Å². The number of benzene rings is 1. The van der Waals surface area contributed by atoms with E-state index in [4.69, 9.17) is 22.4 Å². The van der Waals surface area contributed by atoms with E-state index in [-0.39, 0.29) is 5.69 Å². The molecule has 0 fully saturated rings. The summed E-state index contributed by atoms with van der Waals surface area (Å²) >= 11 is 5.83. The fourth-order valence-electron chi connectivity index (χ4n) is 1.75. The van der Waals surface area contributed by atoms with Crippen molar-refractivity contribution in [1.29, 1.82) is 0 Å². The molecule has 0 aliphatic rings. The van der Waals surface area contributed by atoms with Crippen LogP contribution in [-0.2, 0) is 6.54 Å². The molecule has 0 saturated carbocycles. The highest BCUT2D eigenvalue weighted by atomic mass is 35.5. The number of nitrogens with two attached hydrogens (primary N) is 1. The van der Waals surface area contributed by atoms with Gasteiger partial charge in [0.2, 0.25) is 0 Å². The number of carboxylic acid groups (broad SMARTS) is 1. The summed E-state index contributed by atoms with van der Waals surface area (Å²) in [6, 6.07) is 6.88. The molecule has 0 saturated heterocycles. The van der Waals surface area contributed by atoms with E-state index in [0.717, 1.165) is 0 Å². The van der Waals surface area contributed by atoms with Crippen LogP contribution in [0.25, 0.3) is 11.3 Å². The number of halogens is 1. The molecule has 0 unspecified atom stereocenters.